The molecule has 8 aromatic rings. The monoisotopic (exact) mass is 952 g/mol. The van der Waals surface area contributed by atoms with Gasteiger partial charge in [-0.3, -0.25) is 0 Å². The molecule has 9 rings (SSSR count). The van der Waals surface area contributed by atoms with Gasteiger partial charge in [0.15, 0.2) is 0 Å². The third kappa shape index (κ3) is 8.50. The lowest BCUT2D eigenvalue weighted by atomic mass is 10.1. The second-order valence-electron chi connectivity index (χ2n) is 18.4. The van der Waals surface area contributed by atoms with Crippen LogP contribution in [-0.2, 0) is 0 Å². The van der Waals surface area contributed by atoms with Gasteiger partial charge in [0, 0.05) is 17.6 Å². The van der Waals surface area contributed by atoms with Crippen molar-refractivity contribution >= 4 is 88.0 Å². The summed E-state index contributed by atoms with van der Waals surface area (Å²) in [5, 5.41) is 13.0. The molecule has 1 aliphatic rings. The normalized spacial score (nSPS) is 17.9. The lowest BCUT2D eigenvalue weighted by Crippen LogP contribution is -3.08. The maximum Gasteiger partial charge on any atom is 0.123 e. The molecule has 1 aliphatic heterocycles. The van der Waals surface area contributed by atoms with E-state index in [1.807, 2.05) is 0 Å². The fourth-order valence-corrected chi connectivity index (χ4v) is 125. The molecule has 0 bridgehead atoms. The fraction of sp³-hybridized carbons (Fsp3) is 0.200. The minimum Gasteiger partial charge on any atom is -0.0640 e. The van der Waals surface area contributed by atoms with E-state index in [9.17, 15) is 0 Å². The van der Waals surface area contributed by atoms with Gasteiger partial charge in [0.1, 0.15) is 28.9 Å². The second kappa shape index (κ2) is 22.2. The maximum atomic E-state index is 2.66. The van der Waals surface area contributed by atoms with Crippen LogP contribution in [0.15, 0.2) is 243 Å². The first-order valence-corrected chi connectivity index (χ1v) is 40.2. The van der Waals surface area contributed by atoms with E-state index in [4.69, 9.17) is 0 Å². The molecule has 0 aromatic heterocycles. The van der Waals surface area contributed by atoms with Crippen molar-refractivity contribution in [2.75, 3.05) is 0 Å². The van der Waals surface area contributed by atoms with Crippen LogP contribution in [0, 0.1) is 0 Å². The Kier molecular flexibility index (Phi) is 15.6. The Morgan fingerprint density at radius 2 is 0.500 bits per heavy atom. The molecule has 0 amide bonds. The highest BCUT2D eigenvalue weighted by atomic mass is 30.0. The summed E-state index contributed by atoms with van der Waals surface area (Å²) in [7, 11) is -11.1. The van der Waals surface area contributed by atoms with E-state index in [1.54, 1.807) is 41.5 Å². The molecule has 6 heteroatoms. The van der Waals surface area contributed by atoms with E-state index in [0.29, 0.717) is 0 Å². The Bertz CT molecular complexity index is 2290. The number of hydrogen-bond acceptors (Lipinski definition) is 0. The largest absolute Gasteiger partial charge is 0.123 e. The van der Waals surface area contributed by atoms with E-state index in [-0.39, 0.29) is 0 Å². The summed E-state index contributed by atoms with van der Waals surface area (Å²) < 4.78 is 0. The average molecular weight is 954 g/mol. The molecule has 0 atom stereocenters. The standard InChI is InChI=1S/C60H64Si6/c1-2-4-6-8-34-52-63(53-35-17-9-18-36-53,54-37-19-10-20-38-54)65(57-43-25-13-26-44-57,58-45-27-14-28-46-58)66(59-47-29-15-30-48-59,60-49-31-16-32-50-60)64(55-39-21-11-22-40-55,56-41-23-12-24-42-56)62-61-51-33-7-5-3-1/h9-32,35-50H,1-8,33-34,51-52H2. The maximum absolute atomic E-state index is 3.35. The van der Waals surface area contributed by atoms with Gasteiger partial charge in [-0.25, -0.2) is 0 Å². The van der Waals surface area contributed by atoms with Crippen molar-refractivity contribution in [1.29, 1.82) is 0 Å². The molecule has 1 fully saturated rings. The first-order valence-electron chi connectivity index (χ1n) is 24.7. The van der Waals surface area contributed by atoms with Gasteiger partial charge in [0.05, 0.1) is 0 Å². The Morgan fingerprint density at radius 1 is 0.242 bits per heavy atom. The number of benzene rings is 8. The van der Waals surface area contributed by atoms with Gasteiger partial charge in [-0.1, -0.05) is 360 Å². The minimum atomic E-state index is -3.35. The average Bonchev–Trinajstić information content (AvgIpc) is 3.40. The van der Waals surface area contributed by atoms with Crippen molar-refractivity contribution in [2.45, 2.75) is 76.3 Å². The molecule has 8 aromatic carbocycles. The molecule has 0 unspecified atom stereocenters. The van der Waals surface area contributed by atoms with Crippen molar-refractivity contribution in [2.24, 2.45) is 0 Å². The second-order valence-corrected chi connectivity index (χ2v) is 55.6. The van der Waals surface area contributed by atoms with E-state index < -0.39 is 28.9 Å². The molecule has 0 aliphatic carbocycles. The van der Waals surface area contributed by atoms with Crippen molar-refractivity contribution in [3.05, 3.63) is 243 Å². The molecule has 0 nitrogen and oxygen atoms in total. The fourth-order valence-electron chi connectivity index (χ4n) is 12.4. The molecule has 328 valence electrons. The Labute approximate surface area is 404 Å². The van der Waals surface area contributed by atoms with Gasteiger partial charge < -0.3 is 0 Å². The number of hydrogen-bond donors (Lipinski definition) is 0. The highest BCUT2D eigenvalue weighted by Gasteiger charge is 2.77. The summed E-state index contributed by atoms with van der Waals surface area (Å²) in [6.45, 7) is 0. The lowest BCUT2D eigenvalue weighted by molar-refractivity contribution is 0.562. The topological polar surface area (TPSA) is 0 Å². The first-order chi connectivity index (χ1) is 32.8. The van der Waals surface area contributed by atoms with Gasteiger partial charge in [-0.15, -0.1) is 0 Å². The number of rotatable bonds is 8. The zero-order chi connectivity index (χ0) is 44.8. The SMILES string of the molecule is c1ccc([Si]2(c3ccccc3)CCCCCCCCCCCC[Si][Si][Si](c3ccccc3)(c3ccccc3)[Si](c3ccccc3)(c3ccccc3)[Si]2(c2ccccc2)c2ccccc2)cc1. The Balaban J connectivity index is 1.62. The zero-order valence-electron chi connectivity index (χ0n) is 38.6. The van der Waals surface area contributed by atoms with Crippen molar-refractivity contribution in [3.63, 3.8) is 0 Å². The van der Waals surface area contributed by atoms with Crippen LogP contribution in [0.25, 0.3) is 0 Å². The molecular weight excluding hydrogens is 889 g/mol. The van der Waals surface area contributed by atoms with Gasteiger partial charge in [-0.05, 0) is 0 Å². The van der Waals surface area contributed by atoms with Crippen LogP contribution in [0.5, 0.6) is 0 Å². The third-order valence-electron chi connectivity index (χ3n) is 14.9. The van der Waals surface area contributed by atoms with Gasteiger partial charge in [0.2, 0.25) is 0 Å². The third-order valence-corrected chi connectivity index (χ3v) is 86.6. The van der Waals surface area contributed by atoms with Gasteiger partial charge in [-0.2, -0.15) is 0 Å². The molecule has 66 heavy (non-hydrogen) atoms. The van der Waals surface area contributed by atoms with Gasteiger partial charge >= 0.3 is 0 Å². The molecule has 0 saturated carbocycles. The summed E-state index contributed by atoms with van der Waals surface area (Å²) in [4.78, 5) is 0. The predicted molar refractivity (Wildman–Crippen MR) is 299 cm³/mol. The van der Waals surface area contributed by atoms with Crippen LogP contribution in [0.2, 0.25) is 12.1 Å². The molecule has 1 saturated heterocycles. The van der Waals surface area contributed by atoms with E-state index in [0.717, 1.165) is 17.6 Å². The lowest BCUT2D eigenvalue weighted by Gasteiger charge is -2.65. The summed E-state index contributed by atoms with van der Waals surface area (Å²) in [6.07, 6.45) is 13.4. The summed E-state index contributed by atoms with van der Waals surface area (Å²) in [5.74, 6) is 0. The van der Waals surface area contributed by atoms with E-state index in [1.165, 1.54) is 76.3 Å². The van der Waals surface area contributed by atoms with Crippen LogP contribution >= 0.6 is 0 Å². The predicted octanol–water partition coefficient (Wildman–Crippen LogP) is 9.43. The quantitative estimate of drug-likeness (QED) is 0.133. The minimum absolute atomic E-state index is 0.820. The molecule has 0 spiro atoms. The highest BCUT2D eigenvalue weighted by molar-refractivity contribution is 8.05. The molecule has 0 N–H and O–H groups in total. The zero-order valence-corrected chi connectivity index (χ0v) is 44.6. The van der Waals surface area contributed by atoms with Crippen LogP contribution in [0.4, 0.5) is 0 Å². The smallest absolute Gasteiger partial charge is 0.0640 e. The summed E-state index contributed by atoms with van der Waals surface area (Å²) >= 11 is 0. The van der Waals surface area contributed by atoms with E-state index >= 15 is 0 Å². The van der Waals surface area contributed by atoms with Crippen molar-refractivity contribution < 1.29 is 0 Å². The Morgan fingerprint density at radius 3 is 0.833 bits per heavy atom. The molecule has 1 heterocycles. The van der Waals surface area contributed by atoms with Crippen molar-refractivity contribution in [1.82, 2.24) is 0 Å². The van der Waals surface area contributed by atoms with Crippen LogP contribution in [0.3, 0.4) is 0 Å². The van der Waals surface area contributed by atoms with E-state index in [2.05, 4.69) is 243 Å². The Hall–Kier alpha value is -4.94. The highest BCUT2D eigenvalue weighted by Crippen LogP contribution is 2.39. The van der Waals surface area contributed by atoms with Crippen LogP contribution in [0.1, 0.15) is 64.2 Å². The molecular formula is C60H64Si6. The van der Waals surface area contributed by atoms with Crippen molar-refractivity contribution in [3.8, 4) is 0 Å². The molecule has 4 radical (unpaired) electrons. The first kappa shape index (κ1) is 46.2. The van der Waals surface area contributed by atoms with Crippen LogP contribution in [-0.4, -0.2) is 46.5 Å². The summed E-state index contributed by atoms with van der Waals surface area (Å²) in [6, 6.07) is 102. The van der Waals surface area contributed by atoms with Gasteiger partial charge in [0.25, 0.3) is 0 Å². The summed E-state index contributed by atoms with van der Waals surface area (Å²) in [5.41, 5.74) is 0. The van der Waals surface area contributed by atoms with Crippen LogP contribution < -0.4 is 41.5 Å².